The number of rotatable bonds is 6. The van der Waals surface area contributed by atoms with Crippen LogP contribution in [0.2, 0.25) is 0 Å². The van der Waals surface area contributed by atoms with Crippen LogP contribution in [0.1, 0.15) is 5.56 Å². The lowest BCUT2D eigenvalue weighted by atomic mass is 10.1. The number of terminal acetylenes is 1. The molecule has 1 aliphatic rings. The average molecular weight is 378 g/mol. The van der Waals surface area contributed by atoms with E-state index < -0.39 is 11.8 Å². The van der Waals surface area contributed by atoms with E-state index in [2.05, 4.69) is 11.3 Å². The molecule has 1 saturated heterocycles. The summed E-state index contributed by atoms with van der Waals surface area (Å²) in [6.45, 7) is 0.0417. The SMILES string of the molecule is C#CCOc1c(OC)cc(/C=C2/C(=O)NN(c3ccccc3)C2=O)cc1OC. The van der Waals surface area contributed by atoms with Gasteiger partial charge in [0.25, 0.3) is 11.8 Å². The molecule has 7 heteroatoms. The van der Waals surface area contributed by atoms with Crippen molar-refractivity contribution in [1.29, 1.82) is 0 Å². The third-order valence-electron chi connectivity index (χ3n) is 4.00. The number of hydrazine groups is 1. The number of anilines is 1. The van der Waals surface area contributed by atoms with Crippen LogP contribution in [0.15, 0.2) is 48.0 Å². The smallest absolute Gasteiger partial charge is 0.282 e. The van der Waals surface area contributed by atoms with Crippen LogP contribution in [-0.4, -0.2) is 32.6 Å². The van der Waals surface area contributed by atoms with E-state index in [9.17, 15) is 9.59 Å². The van der Waals surface area contributed by atoms with Gasteiger partial charge in [0.1, 0.15) is 12.2 Å². The van der Waals surface area contributed by atoms with Crippen LogP contribution in [0.25, 0.3) is 6.08 Å². The number of nitrogens with one attached hydrogen (secondary N) is 1. The van der Waals surface area contributed by atoms with E-state index >= 15 is 0 Å². The monoisotopic (exact) mass is 378 g/mol. The van der Waals surface area contributed by atoms with E-state index in [1.807, 2.05) is 6.07 Å². The van der Waals surface area contributed by atoms with Crippen molar-refractivity contribution in [3.63, 3.8) is 0 Å². The molecule has 1 fully saturated rings. The molecular weight excluding hydrogens is 360 g/mol. The lowest BCUT2D eigenvalue weighted by Crippen LogP contribution is -2.35. The fraction of sp³-hybridized carbons (Fsp3) is 0.143. The number of carbonyl (C=O) groups excluding carboxylic acids is 2. The molecule has 1 heterocycles. The number of nitrogens with zero attached hydrogens (tertiary/aromatic N) is 1. The predicted molar refractivity (Wildman–Crippen MR) is 104 cm³/mol. The molecule has 0 aliphatic carbocycles. The molecule has 0 saturated carbocycles. The van der Waals surface area contributed by atoms with Crippen LogP contribution in [0.3, 0.4) is 0 Å². The molecule has 7 nitrogen and oxygen atoms in total. The minimum Gasteiger partial charge on any atom is -0.493 e. The minimum absolute atomic E-state index is 0.00903. The molecule has 28 heavy (non-hydrogen) atoms. The number of methoxy groups -OCH3 is 2. The molecule has 2 amide bonds. The first-order valence-corrected chi connectivity index (χ1v) is 8.33. The summed E-state index contributed by atoms with van der Waals surface area (Å²) in [5, 5.41) is 1.20. The number of hydrogen-bond donors (Lipinski definition) is 1. The fourth-order valence-electron chi connectivity index (χ4n) is 2.72. The first-order chi connectivity index (χ1) is 13.6. The highest BCUT2D eigenvalue weighted by atomic mass is 16.5. The van der Waals surface area contributed by atoms with Gasteiger partial charge in [0, 0.05) is 0 Å². The zero-order valence-electron chi connectivity index (χ0n) is 15.4. The van der Waals surface area contributed by atoms with E-state index in [1.54, 1.807) is 36.4 Å². The number of hydrogen-bond acceptors (Lipinski definition) is 5. The lowest BCUT2D eigenvalue weighted by Gasteiger charge is -2.14. The molecule has 0 unspecified atom stereocenters. The van der Waals surface area contributed by atoms with Gasteiger partial charge in [0.15, 0.2) is 11.5 Å². The molecule has 2 aromatic carbocycles. The van der Waals surface area contributed by atoms with Crippen molar-refractivity contribution in [3.05, 3.63) is 53.6 Å². The second-order valence-corrected chi connectivity index (χ2v) is 5.72. The molecule has 0 spiro atoms. The Bertz CT molecular complexity index is 951. The van der Waals surface area contributed by atoms with E-state index in [1.165, 1.54) is 25.3 Å². The topological polar surface area (TPSA) is 77.1 Å². The van der Waals surface area contributed by atoms with Crippen molar-refractivity contribution in [2.45, 2.75) is 0 Å². The Hall–Kier alpha value is -3.92. The van der Waals surface area contributed by atoms with Gasteiger partial charge in [0.05, 0.1) is 19.9 Å². The summed E-state index contributed by atoms with van der Waals surface area (Å²) in [6, 6.07) is 12.1. The number of ether oxygens (including phenoxy) is 3. The normalized spacial score (nSPS) is 14.6. The summed E-state index contributed by atoms with van der Waals surface area (Å²) in [4.78, 5) is 25.0. The van der Waals surface area contributed by atoms with Crippen LogP contribution in [0.4, 0.5) is 5.69 Å². The van der Waals surface area contributed by atoms with Gasteiger partial charge in [-0.1, -0.05) is 24.1 Å². The predicted octanol–water partition coefficient (Wildman–Crippen LogP) is 2.18. The molecule has 0 aromatic heterocycles. The molecule has 0 radical (unpaired) electrons. The Kier molecular flexibility index (Phi) is 5.51. The maximum absolute atomic E-state index is 12.7. The summed E-state index contributed by atoms with van der Waals surface area (Å²) in [6.07, 6.45) is 6.71. The van der Waals surface area contributed by atoms with E-state index in [0.717, 1.165) is 0 Å². The first-order valence-electron chi connectivity index (χ1n) is 8.33. The van der Waals surface area contributed by atoms with Gasteiger partial charge in [-0.25, -0.2) is 5.01 Å². The van der Waals surface area contributed by atoms with Crippen LogP contribution >= 0.6 is 0 Å². The van der Waals surface area contributed by atoms with Crippen molar-refractivity contribution in [2.24, 2.45) is 0 Å². The third kappa shape index (κ3) is 3.62. The third-order valence-corrected chi connectivity index (χ3v) is 4.00. The van der Waals surface area contributed by atoms with Crippen molar-refractivity contribution < 1.29 is 23.8 Å². The van der Waals surface area contributed by atoms with Crippen LogP contribution in [0.5, 0.6) is 17.2 Å². The highest BCUT2D eigenvalue weighted by Crippen LogP contribution is 2.39. The summed E-state index contributed by atoms with van der Waals surface area (Å²) < 4.78 is 16.2. The highest BCUT2D eigenvalue weighted by Gasteiger charge is 2.34. The fourth-order valence-corrected chi connectivity index (χ4v) is 2.72. The molecular formula is C21H18N2O5. The van der Waals surface area contributed by atoms with Crippen molar-refractivity contribution in [3.8, 4) is 29.6 Å². The summed E-state index contributed by atoms with van der Waals surface area (Å²) in [5.41, 5.74) is 3.65. The van der Waals surface area contributed by atoms with Crippen LogP contribution < -0.4 is 24.6 Å². The quantitative estimate of drug-likeness (QED) is 0.474. The minimum atomic E-state index is -0.501. The van der Waals surface area contributed by atoms with Gasteiger partial charge in [-0.3, -0.25) is 15.0 Å². The van der Waals surface area contributed by atoms with E-state index in [-0.39, 0.29) is 12.2 Å². The Morgan fingerprint density at radius 1 is 1.11 bits per heavy atom. The molecule has 3 rings (SSSR count). The van der Waals surface area contributed by atoms with Gasteiger partial charge in [-0.15, -0.1) is 6.42 Å². The summed E-state index contributed by atoms with van der Waals surface area (Å²) in [5.74, 6) is 2.50. The molecule has 1 N–H and O–H groups in total. The summed E-state index contributed by atoms with van der Waals surface area (Å²) >= 11 is 0. The van der Waals surface area contributed by atoms with E-state index in [0.29, 0.717) is 28.5 Å². The highest BCUT2D eigenvalue weighted by molar-refractivity contribution is 6.31. The lowest BCUT2D eigenvalue weighted by molar-refractivity contribution is -0.117. The second kappa shape index (κ2) is 8.18. The van der Waals surface area contributed by atoms with Gasteiger partial charge in [0.2, 0.25) is 5.75 Å². The molecule has 0 bridgehead atoms. The van der Waals surface area contributed by atoms with Crippen molar-refractivity contribution >= 4 is 23.6 Å². The number of para-hydroxylation sites is 1. The Morgan fingerprint density at radius 2 is 1.75 bits per heavy atom. The Morgan fingerprint density at radius 3 is 2.32 bits per heavy atom. The van der Waals surface area contributed by atoms with Gasteiger partial charge < -0.3 is 14.2 Å². The molecule has 142 valence electrons. The molecule has 0 atom stereocenters. The van der Waals surface area contributed by atoms with Gasteiger partial charge >= 0.3 is 0 Å². The largest absolute Gasteiger partial charge is 0.493 e. The Labute approximate surface area is 162 Å². The van der Waals surface area contributed by atoms with Gasteiger partial charge in [-0.05, 0) is 35.9 Å². The zero-order chi connectivity index (χ0) is 20.1. The van der Waals surface area contributed by atoms with E-state index in [4.69, 9.17) is 20.6 Å². The van der Waals surface area contributed by atoms with Crippen molar-refractivity contribution in [2.75, 3.05) is 25.8 Å². The maximum Gasteiger partial charge on any atom is 0.282 e. The summed E-state index contributed by atoms with van der Waals surface area (Å²) in [7, 11) is 2.94. The maximum atomic E-state index is 12.7. The number of carbonyl (C=O) groups is 2. The van der Waals surface area contributed by atoms with Gasteiger partial charge in [-0.2, -0.15) is 0 Å². The molecule has 1 aliphatic heterocycles. The van der Waals surface area contributed by atoms with Crippen LogP contribution in [-0.2, 0) is 9.59 Å². The second-order valence-electron chi connectivity index (χ2n) is 5.72. The number of amides is 2. The standard InChI is InChI=1S/C21H18N2O5/c1-4-10-28-19-17(26-2)12-14(13-18(19)27-3)11-16-20(24)22-23(21(16)25)15-8-6-5-7-9-15/h1,5-9,11-13H,10H2,2-3H3,(H,22,24)/b16-11-. The number of benzene rings is 2. The zero-order valence-corrected chi connectivity index (χ0v) is 15.4. The first kappa shape index (κ1) is 18.9. The van der Waals surface area contributed by atoms with Crippen molar-refractivity contribution in [1.82, 2.24) is 5.43 Å². The Balaban J connectivity index is 1.97. The van der Waals surface area contributed by atoms with Crippen LogP contribution in [0, 0.1) is 12.3 Å². The molecule has 2 aromatic rings. The average Bonchev–Trinajstić information content (AvgIpc) is 3.01.